The first kappa shape index (κ1) is 18.0. The van der Waals surface area contributed by atoms with Gasteiger partial charge in [-0.15, -0.1) is 0 Å². The average molecular weight is 397 g/mol. The minimum absolute atomic E-state index is 0.0820. The molecule has 10 heteroatoms. The Kier molecular flexibility index (Phi) is 4.62. The van der Waals surface area contributed by atoms with Gasteiger partial charge in [0.05, 0.1) is 0 Å². The van der Waals surface area contributed by atoms with Gasteiger partial charge in [0.15, 0.2) is 5.82 Å². The Morgan fingerprint density at radius 3 is 2.97 bits per heavy atom. The van der Waals surface area contributed by atoms with E-state index in [1.807, 2.05) is 6.07 Å². The van der Waals surface area contributed by atoms with Gasteiger partial charge in [0.1, 0.15) is 17.5 Å². The van der Waals surface area contributed by atoms with Crippen molar-refractivity contribution >= 4 is 23.3 Å². The van der Waals surface area contributed by atoms with E-state index in [-0.39, 0.29) is 11.8 Å². The first-order valence-electron chi connectivity index (χ1n) is 9.81. The molecule has 0 spiro atoms. The summed E-state index contributed by atoms with van der Waals surface area (Å²) in [5.41, 5.74) is 1.92. The molecular formula is C19H22FN8O. The van der Waals surface area contributed by atoms with Gasteiger partial charge in [-0.05, 0) is 25.3 Å². The minimum atomic E-state index is -0.854. The second-order valence-electron chi connectivity index (χ2n) is 7.42. The summed E-state index contributed by atoms with van der Waals surface area (Å²) in [7, 11) is 0. The van der Waals surface area contributed by atoms with E-state index in [4.69, 9.17) is 0 Å². The summed E-state index contributed by atoms with van der Waals surface area (Å²) in [6.07, 6.45) is 5.36. The maximum atomic E-state index is 13.4. The number of carbonyl (C=O) groups excluding carboxylic acids is 1. The molecule has 0 aromatic carbocycles. The molecule has 1 aliphatic heterocycles. The summed E-state index contributed by atoms with van der Waals surface area (Å²) < 4.78 is 15.2. The lowest BCUT2D eigenvalue weighted by Crippen LogP contribution is -2.46. The van der Waals surface area contributed by atoms with Gasteiger partial charge in [-0.2, -0.15) is 5.10 Å². The highest BCUT2D eigenvalue weighted by molar-refractivity contribution is 5.93. The van der Waals surface area contributed by atoms with Crippen LogP contribution in [-0.4, -0.2) is 67.7 Å². The molecular weight excluding hydrogens is 375 g/mol. The molecule has 1 aliphatic carbocycles. The van der Waals surface area contributed by atoms with Crippen molar-refractivity contribution in [3.63, 3.8) is 0 Å². The van der Waals surface area contributed by atoms with Gasteiger partial charge in [-0.3, -0.25) is 14.3 Å². The number of fused-ring (bicyclic) bond motifs is 1. The number of hydrogen-bond donors (Lipinski definition) is 3. The number of halogens is 1. The van der Waals surface area contributed by atoms with Crippen LogP contribution in [0.3, 0.4) is 0 Å². The molecule has 0 unspecified atom stereocenters. The molecule has 29 heavy (non-hydrogen) atoms. The van der Waals surface area contributed by atoms with Crippen LogP contribution in [0.15, 0.2) is 24.5 Å². The van der Waals surface area contributed by atoms with Crippen molar-refractivity contribution in [2.24, 2.45) is 0 Å². The first-order valence-corrected chi connectivity index (χ1v) is 9.81. The number of alkyl halides is 1. The van der Waals surface area contributed by atoms with Crippen LogP contribution in [-0.2, 0) is 0 Å². The van der Waals surface area contributed by atoms with Crippen molar-refractivity contribution in [1.29, 1.82) is 0 Å². The lowest BCUT2D eigenvalue weighted by atomic mass is 10.0. The summed E-state index contributed by atoms with van der Waals surface area (Å²) in [5, 5.41) is 13.7. The van der Waals surface area contributed by atoms with Gasteiger partial charge in [0.2, 0.25) is 5.95 Å². The molecule has 5 rings (SSSR count). The number of aromatic amines is 1. The molecule has 2 aliphatic rings. The van der Waals surface area contributed by atoms with Crippen LogP contribution in [0.25, 0.3) is 5.65 Å². The second kappa shape index (κ2) is 7.43. The highest BCUT2D eigenvalue weighted by atomic mass is 19.1. The van der Waals surface area contributed by atoms with Crippen molar-refractivity contribution in [2.45, 2.75) is 24.9 Å². The molecule has 3 aromatic rings. The summed E-state index contributed by atoms with van der Waals surface area (Å²) in [5.74, 6) is 1.13. The fourth-order valence-corrected chi connectivity index (χ4v) is 3.90. The van der Waals surface area contributed by atoms with E-state index >= 15 is 0 Å². The lowest BCUT2D eigenvalue weighted by Gasteiger charge is -2.26. The Bertz CT molecular complexity index is 1020. The molecule has 2 fully saturated rings. The van der Waals surface area contributed by atoms with E-state index < -0.39 is 6.17 Å². The van der Waals surface area contributed by atoms with E-state index in [0.717, 1.165) is 18.8 Å². The van der Waals surface area contributed by atoms with E-state index in [1.54, 1.807) is 34.2 Å². The van der Waals surface area contributed by atoms with Crippen molar-refractivity contribution in [2.75, 3.05) is 31.5 Å². The second-order valence-corrected chi connectivity index (χ2v) is 7.42. The van der Waals surface area contributed by atoms with Crippen molar-refractivity contribution in [3.8, 4) is 0 Å². The number of aromatic nitrogens is 5. The smallest absolute Gasteiger partial charge is 0.274 e. The van der Waals surface area contributed by atoms with Crippen LogP contribution in [0.1, 0.15) is 34.9 Å². The highest BCUT2D eigenvalue weighted by Crippen LogP contribution is 2.35. The van der Waals surface area contributed by atoms with Crippen molar-refractivity contribution in [3.05, 3.63) is 42.3 Å². The Balaban J connectivity index is 1.37. The number of amides is 1. The molecule has 1 amide bonds. The molecule has 151 valence electrons. The lowest BCUT2D eigenvalue weighted by molar-refractivity contribution is 0.0730. The van der Waals surface area contributed by atoms with Crippen LogP contribution in [0.4, 0.5) is 16.2 Å². The van der Waals surface area contributed by atoms with Crippen LogP contribution < -0.4 is 10.6 Å². The van der Waals surface area contributed by atoms with Gasteiger partial charge in [0.25, 0.3) is 5.91 Å². The van der Waals surface area contributed by atoms with Gasteiger partial charge in [-0.25, -0.2) is 14.4 Å². The quantitative estimate of drug-likeness (QED) is 0.619. The molecule has 3 aromatic heterocycles. The SMILES string of the molecule is O=C(c1cn2c(Nc3cc([C@@H]4C[CH][C@@H](F)C4)[nH]n3)nccc2n1)N1CCNCC1. The van der Waals surface area contributed by atoms with E-state index in [9.17, 15) is 9.18 Å². The number of nitrogens with one attached hydrogen (secondary N) is 3. The number of nitrogens with zero attached hydrogens (tertiary/aromatic N) is 5. The standard InChI is InChI=1S/C19H22FN8O/c20-13-2-1-12(9-13)14-10-16(26-25-14)24-19-22-4-3-17-23-15(11-28(17)19)18(29)27-7-5-21-6-8-27/h2-4,10-13,21H,1,5-9H2,(H2,22,24,25,26)/t12-,13-/m1/s1. The van der Waals surface area contributed by atoms with Gasteiger partial charge < -0.3 is 15.5 Å². The number of carbonyl (C=O) groups is 1. The zero-order chi connectivity index (χ0) is 19.8. The largest absolute Gasteiger partial charge is 0.335 e. The summed E-state index contributed by atoms with van der Waals surface area (Å²) in [6.45, 7) is 2.92. The third kappa shape index (κ3) is 3.55. The Labute approximate surface area is 166 Å². The maximum Gasteiger partial charge on any atom is 0.274 e. The Hall–Kier alpha value is -3.01. The molecule has 3 N–H and O–H groups in total. The predicted molar refractivity (Wildman–Crippen MR) is 105 cm³/mol. The Morgan fingerprint density at radius 2 is 2.17 bits per heavy atom. The summed E-state index contributed by atoms with van der Waals surface area (Å²) >= 11 is 0. The molecule has 9 nitrogen and oxygen atoms in total. The van der Waals surface area contributed by atoms with E-state index in [0.29, 0.717) is 49.0 Å². The molecule has 1 radical (unpaired) electrons. The zero-order valence-corrected chi connectivity index (χ0v) is 15.8. The normalized spacial score (nSPS) is 22.3. The van der Waals surface area contributed by atoms with Crippen molar-refractivity contribution < 1.29 is 9.18 Å². The number of hydrogen-bond acceptors (Lipinski definition) is 6. The monoisotopic (exact) mass is 397 g/mol. The van der Waals surface area contributed by atoms with Gasteiger partial charge in [0, 0.05) is 56.3 Å². The predicted octanol–water partition coefficient (Wildman–Crippen LogP) is 1.66. The van der Waals surface area contributed by atoms with Gasteiger partial charge in [-0.1, -0.05) is 0 Å². The van der Waals surface area contributed by atoms with Crippen molar-refractivity contribution in [1.82, 2.24) is 34.8 Å². The van der Waals surface area contributed by atoms with Crippen LogP contribution in [0, 0.1) is 6.42 Å². The number of imidazole rings is 1. The van der Waals surface area contributed by atoms with Crippen LogP contribution >= 0.6 is 0 Å². The molecule has 1 saturated carbocycles. The fraction of sp³-hybridized carbons (Fsp3) is 0.421. The molecule has 1 saturated heterocycles. The number of piperazine rings is 1. The minimum Gasteiger partial charge on any atom is -0.335 e. The zero-order valence-electron chi connectivity index (χ0n) is 15.8. The molecule has 4 heterocycles. The molecule has 0 bridgehead atoms. The van der Waals surface area contributed by atoms with E-state index in [1.165, 1.54) is 0 Å². The highest BCUT2D eigenvalue weighted by Gasteiger charge is 2.27. The third-order valence-corrected chi connectivity index (χ3v) is 5.47. The Morgan fingerprint density at radius 1 is 1.31 bits per heavy atom. The first-order chi connectivity index (χ1) is 14.2. The van der Waals surface area contributed by atoms with Crippen LogP contribution in [0.2, 0.25) is 0 Å². The topological polar surface area (TPSA) is 103 Å². The van der Waals surface area contributed by atoms with Gasteiger partial charge >= 0.3 is 0 Å². The summed E-state index contributed by atoms with van der Waals surface area (Å²) in [4.78, 5) is 23.4. The molecule has 2 atom stereocenters. The number of H-pyrrole nitrogens is 1. The summed E-state index contributed by atoms with van der Waals surface area (Å²) in [6, 6.07) is 3.63. The van der Waals surface area contributed by atoms with E-state index in [2.05, 4.69) is 30.8 Å². The fourth-order valence-electron chi connectivity index (χ4n) is 3.90. The number of anilines is 2. The van der Waals surface area contributed by atoms with Crippen LogP contribution in [0.5, 0.6) is 0 Å². The third-order valence-electron chi connectivity index (χ3n) is 5.47. The average Bonchev–Trinajstić information content (AvgIpc) is 3.48. The number of rotatable bonds is 4. The maximum absolute atomic E-state index is 13.4.